The number of piperazine rings is 1. The lowest BCUT2D eigenvalue weighted by Gasteiger charge is -2.34. The van der Waals surface area contributed by atoms with Crippen molar-refractivity contribution in [3.8, 4) is 5.75 Å². The molecule has 124 valence electrons. The number of anilines is 1. The van der Waals surface area contributed by atoms with Gasteiger partial charge in [-0.1, -0.05) is 36.4 Å². The van der Waals surface area contributed by atoms with Crippen LogP contribution in [0.5, 0.6) is 5.75 Å². The largest absolute Gasteiger partial charge is 0.507 e. The number of nitrogens with zero attached hydrogens (tertiary/aromatic N) is 3. The monoisotopic (exact) mass is 321 g/mol. The van der Waals surface area contributed by atoms with E-state index in [0.717, 1.165) is 37.3 Å². The van der Waals surface area contributed by atoms with Gasteiger partial charge in [0, 0.05) is 24.3 Å². The van der Waals surface area contributed by atoms with Gasteiger partial charge in [0.05, 0.1) is 19.3 Å². The van der Waals surface area contributed by atoms with Crippen LogP contribution in [0.15, 0.2) is 66.3 Å². The summed E-state index contributed by atoms with van der Waals surface area (Å²) in [6, 6.07) is 16.2. The van der Waals surface area contributed by atoms with Crippen molar-refractivity contribution in [1.82, 2.24) is 5.01 Å². The molecule has 0 saturated carbocycles. The second-order valence-electron chi connectivity index (χ2n) is 5.87. The molecule has 4 heteroatoms. The molecule has 24 heavy (non-hydrogen) atoms. The van der Waals surface area contributed by atoms with E-state index in [0.29, 0.717) is 12.2 Å². The van der Waals surface area contributed by atoms with E-state index in [2.05, 4.69) is 45.9 Å². The van der Waals surface area contributed by atoms with Crippen molar-refractivity contribution in [3.63, 3.8) is 0 Å². The van der Waals surface area contributed by atoms with Gasteiger partial charge < -0.3 is 10.0 Å². The summed E-state index contributed by atoms with van der Waals surface area (Å²) in [6.07, 6.45) is 4.20. The molecule has 1 fully saturated rings. The molecule has 2 aromatic rings. The number of phenols is 1. The number of aromatic hydroxyl groups is 1. The van der Waals surface area contributed by atoms with Gasteiger partial charge in [0.25, 0.3) is 0 Å². The fourth-order valence-corrected chi connectivity index (χ4v) is 2.89. The molecule has 0 aromatic heterocycles. The second kappa shape index (κ2) is 7.68. The van der Waals surface area contributed by atoms with Crippen LogP contribution in [-0.4, -0.2) is 42.5 Å². The summed E-state index contributed by atoms with van der Waals surface area (Å²) in [5.41, 5.74) is 2.89. The Labute approximate surface area is 143 Å². The number of benzene rings is 2. The molecule has 2 aromatic carbocycles. The van der Waals surface area contributed by atoms with E-state index in [-0.39, 0.29) is 0 Å². The number of para-hydroxylation sites is 2. The van der Waals surface area contributed by atoms with Crippen LogP contribution >= 0.6 is 0 Å². The van der Waals surface area contributed by atoms with Crippen LogP contribution in [0.3, 0.4) is 0 Å². The normalized spacial score (nSPS) is 15.0. The van der Waals surface area contributed by atoms with Crippen molar-refractivity contribution >= 4 is 11.9 Å². The van der Waals surface area contributed by atoms with E-state index in [1.807, 2.05) is 24.3 Å². The Hall–Kier alpha value is -2.75. The molecule has 1 aliphatic rings. The van der Waals surface area contributed by atoms with Crippen molar-refractivity contribution in [3.05, 3.63) is 72.3 Å². The van der Waals surface area contributed by atoms with Crippen molar-refractivity contribution in [2.24, 2.45) is 5.10 Å². The lowest BCUT2D eigenvalue weighted by molar-refractivity contribution is 0.272. The van der Waals surface area contributed by atoms with Crippen LogP contribution in [0.2, 0.25) is 0 Å². The molecule has 1 saturated heterocycles. The molecule has 0 spiro atoms. The maximum absolute atomic E-state index is 10.3. The van der Waals surface area contributed by atoms with E-state index in [9.17, 15) is 5.11 Å². The number of allylic oxidation sites excluding steroid dienone is 1. The van der Waals surface area contributed by atoms with Crippen LogP contribution < -0.4 is 4.90 Å². The van der Waals surface area contributed by atoms with E-state index in [1.165, 1.54) is 5.69 Å². The van der Waals surface area contributed by atoms with Crippen LogP contribution in [0.4, 0.5) is 5.69 Å². The smallest absolute Gasteiger partial charge is 0.127 e. The third kappa shape index (κ3) is 3.77. The van der Waals surface area contributed by atoms with E-state index < -0.39 is 0 Å². The number of hydrogen-bond donors (Lipinski definition) is 1. The number of hydrogen-bond acceptors (Lipinski definition) is 4. The van der Waals surface area contributed by atoms with Gasteiger partial charge in [0.1, 0.15) is 5.75 Å². The highest BCUT2D eigenvalue weighted by molar-refractivity contribution is 5.83. The molecule has 0 aliphatic carbocycles. The van der Waals surface area contributed by atoms with Gasteiger partial charge in [-0.2, -0.15) is 5.10 Å². The highest BCUT2D eigenvalue weighted by atomic mass is 16.3. The van der Waals surface area contributed by atoms with Crippen LogP contribution in [-0.2, 0) is 6.42 Å². The quantitative estimate of drug-likeness (QED) is 0.678. The van der Waals surface area contributed by atoms with Crippen LogP contribution in [0.25, 0.3) is 0 Å². The predicted molar refractivity (Wildman–Crippen MR) is 99.8 cm³/mol. The Bertz CT molecular complexity index is 704. The number of phenolic OH excluding ortho intramolecular Hbond substituents is 1. The second-order valence-corrected chi connectivity index (χ2v) is 5.87. The fraction of sp³-hybridized carbons (Fsp3) is 0.250. The Kier molecular flexibility index (Phi) is 5.16. The van der Waals surface area contributed by atoms with E-state index in [1.54, 1.807) is 12.3 Å². The van der Waals surface area contributed by atoms with Gasteiger partial charge in [-0.15, -0.1) is 6.58 Å². The fourth-order valence-electron chi connectivity index (χ4n) is 2.89. The molecule has 0 atom stereocenters. The molecule has 3 rings (SSSR count). The topological polar surface area (TPSA) is 39.1 Å². The molecule has 1 N–H and O–H groups in total. The molecule has 0 unspecified atom stereocenters. The summed E-state index contributed by atoms with van der Waals surface area (Å²) in [6.45, 7) is 7.36. The predicted octanol–water partition coefficient (Wildman–Crippen LogP) is 3.28. The highest BCUT2D eigenvalue weighted by Crippen LogP contribution is 2.22. The summed E-state index contributed by atoms with van der Waals surface area (Å²) in [4.78, 5) is 2.37. The third-order valence-electron chi connectivity index (χ3n) is 4.25. The molecule has 0 amide bonds. The molecule has 0 radical (unpaired) electrons. The molecule has 1 aliphatic heterocycles. The first-order valence-electron chi connectivity index (χ1n) is 8.28. The zero-order valence-electron chi connectivity index (χ0n) is 13.8. The Morgan fingerprint density at radius 3 is 2.46 bits per heavy atom. The first-order chi connectivity index (χ1) is 11.8. The summed E-state index contributed by atoms with van der Waals surface area (Å²) in [5.74, 6) is 0.295. The highest BCUT2D eigenvalue weighted by Gasteiger charge is 2.15. The first kappa shape index (κ1) is 16.1. The minimum atomic E-state index is 0.295. The van der Waals surface area contributed by atoms with Gasteiger partial charge in [0.2, 0.25) is 0 Å². The Morgan fingerprint density at radius 2 is 1.75 bits per heavy atom. The first-order valence-corrected chi connectivity index (χ1v) is 8.28. The van der Waals surface area contributed by atoms with Crippen LogP contribution in [0, 0.1) is 0 Å². The zero-order valence-corrected chi connectivity index (χ0v) is 13.8. The summed E-state index contributed by atoms with van der Waals surface area (Å²) < 4.78 is 0. The molecule has 1 heterocycles. The van der Waals surface area contributed by atoms with E-state index in [4.69, 9.17) is 0 Å². The van der Waals surface area contributed by atoms with Crippen LogP contribution in [0.1, 0.15) is 11.1 Å². The number of hydrazone groups is 1. The summed E-state index contributed by atoms with van der Waals surface area (Å²) in [5, 5.41) is 16.9. The molecule has 0 bridgehead atoms. The average Bonchev–Trinajstić information content (AvgIpc) is 2.64. The van der Waals surface area contributed by atoms with E-state index >= 15 is 0 Å². The third-order valence-corrected chi connectivity index (χ3v) is 4.25. The van der Waals surface area contributed by atoms with Crippen molar-refractivity contribution < 1.29 is 5.11 Å². The minimum absolute atomic E-state index is 0.295. The van der Waals surface area contributed by atoms with Crippen molar-refractivity contribution in [2.75, 3.05) is 31.1 Å². The number of rotatable bonds is 5. The maximum atomic E-state index is 10.3. The summed E-state index contributed by atoms with van der Waals surface area (Å²) >= 11 is 0. The maximum Gasteiger partial charge on any atom is 0.127 e. The lowest BCUT2D eigenvalue weighted by Crippen LogP contribution is -2.44. The molecular formula is C20H23N3O. The van der Waals surface area contributed by atoms with Gasteiger partial charge >= 0.3 is 0 Å². The van der Waals surface area contributed by atoms with Gasteiger partial charge in [0.15, 0.2) is 0 Å². The van der Waals surface area contributed by atoms with Crippen molar-refractivity contribution in [1.29, 1.82) is 0 Å². The van der Waals surface area contributed by atoms with Gasteiger partial charge in [-0.05, 0) is 30.2 Å². The summed E-state index contributed by atoms with van der Waals surface area (Å²) in [7, 11) is 0. The molecule has 4 nitrogen and oxygen atoms in total. The molecular weight excluding hydrogens is 298 g/mol. The van der Waals surface area contributed by atoms with Gasteiger partial charge in [-0.25, -0.2) is 0 Å². The SMILES string of the molecule is C=CCc1cccc(C=NN2CCN(c3ccccc3)CC2)c1O. The Morgan fingerprint density at radius 1 is 1.00 bits per heavy atom. The minimum Gasteiger partial charge on any atom is -0.507 e. The van der Waals surface area contributed by atoms with Crippen molar-refractivity contribution in [2.45, 2.75) is 6.42 Å². The van der Waals surface area contributed by atoms with Gasteiger partial charge in [-0.3, -0.25) is 5.01 Å². The Balaban J connectivity index is 1.61. The average molecular weight is 321 g/mol. The zero-order chi connectivity index (χ0) is 16.8. The standard InChI is InChI=1S/C20H23N3O/c1-2-7-17-8-6-9-18(20(17)24)16-21-23-14-12-22(13-15-23)19-10-4-3-5-11-19/h2-6,8-11,16,24H,1,7,12-15H2. The lowest BCUT2D eigenvalue weighted by atomic mass is 10.1.